The van der Waals surface area contributed by atoms with Gasteiger partial charge in [0.2, 0.25) is 0 Å². The van der Waals surface area contributed by atoms with Gasteiger partial charge in [-0.05, 0) is 26.0 Å². The summed E-state index contributed by atoms with van der Waals surface area (Å²) < 4.78 is 1.77. The highest BCUT2D eigenvalue weighted by Gasteiger charge is 2.15. The maximum Gasteiger partial charge on any atom is 0.356 e. The van der Waals surface area contributed by atoms with Crippen LogP contribution in [0.5, 0.6) is 0 Å². The van der Waals surface area contributed by atoms with Gasteiger partial charge in [-0.25, -0.2) is 19.7 Å². The molecule has 0 saturated carbocycles. The van der Waals surface area contributed by atoms with E-state index in [1.165, 1.54) is 12.4 Å². The van der Waals surface area contributed by atoms with Crippen LogP contribution in [0.4, 0.5) is 5.82 Å². The number of aliphatic hydroxyl groups excluding tert-OH is 2. The van der Waals surface area contributed by atoms with Gasteiger partial charge in [-0.3, -0.25) is 10.00 Å². The number of nitrogen functional groups attached to an aromatic ring is 1. The van der Waals surface area contributed by atoms with Crippen LogP contribution in [0, 0.1) is 6.92 Å². The summed E-state index contributed by atoms with van der Waals surface area (Å²) in [6.45, 7) is 6.27. The van der Waals surface area contributed by atoms with Crippen molar-refractivity contribution in [1.82, 2.24) is 34.6 Å². The van der Waals surface area contributed by atoms with Crippen molar-refractivity contribution in [2.75, 3.05) is 32.0 Å². The fraction of sp³-hybridized carbons (Fsp3) is 0.526. The Hall–Kier alpha value is -3.09. The van der Waals surface area contributed by atoms with Gasteiger partial charge in [0.05, 0.1) is 25.6 Å². The van der Waals surface area contributed by atoms with Gasteiger partial charge < -0.3 is 25.6 Å². The average molecular weight is 435 g/mol. The van der Waals surface area contributed by atoms with E-state index in [1.807, 2.05) is 0 Å². The predicted octanol–water partition coefficient (Wildman–Crippen LogP) is 0.280. The van der Waals surface area contributed by atoms with E-state index in [0.29, 0.717) is 36.6 Å². The number of carbonyl (C=O) groups is 1. The first-order chi connectivity index (χ1) is 14.8. The number of hydrogen-bond acceptors (Lipinski definition) is 9. The number of anilines is 1. The Balaban J connectivity index is 0.000000316. The van der Waals surface area contributed by atoms with Crippen molar-refractivity contribution < 1.29 is 20.1 Å². The molecule has 12 nitrogen and oxygen atoms in total. The van der Waals surface area contributed by atoms with Crippen LogP contribution in [0.2, 0.25) is 0 Å². The lowest BCUT2D eigenvalue weighted by Crippen LogP contribution is -2.37. The van der Waals surface area contributed by atoms with Gasteiger partial charge in [0.1, 0.15) is 11.8 Å². The molecule has 170 valence electrons. The molecule has 0 fully saturated rings. The highest BCUT2D eigenvalue weighted by molar-refractivity contribution is 5.85. The zero-order chi connectivity index (χ0) is 22.8. The number of aliphatic hydroxyl groups is 2. The van der Waals surface area contributed by atoms with E-state index < -0.39 is 12.1 Å². The highest BCUT2D eigenvalue weighted by Crippen LogP contribution is 2.14. The van der Waals surface area contributed by atoms with Crippen LogP contribution in [0.15, 0.2) is 18.7 Å². The highest BCUT2D eigenvalue weighted by atomic mass is 16.4. The van der Waals surface area contributed by atoms with Gasteiger partial charge in [0.15, 0.2) is 17.2 Å². The first kappa shape index (κ1) is 24.2. The van der Waals surface area contributed by atoms with Crippen molar-refractivity contribution in [2.45, 2.75) is 39.3 Å². The van der Waals surface area contributed by atoms with Crippen molar-refractivity contribution in [3.63, 3.8) is 0 Å². The lowest BCUT2D eigenvalue weighted by atomic mass is 10.2. The Labute approximate surface area is 179 Å². The van der Waals surface area contributed by atoms with Crippen LogP contribution in [-0.4, -0.2) is 88.3 Å². The summed E-state index contributed by atoms with van der Waals surface area (Å²) in [5, 5.41) is 33.7. The van der Waals surface area contributed by atoms with E-state index in [4.69, 9.17) is 15.9 Å². The minimum absolute atomic E-state index is 0.0625. The van der Waals surface area contributed by atoms with Gasteiger partial charge >= 0.3 is 5.97 Å². The van der Waals surface area contributed by atoms with Crippen LogP contribution in [0.3, 0.4) is 0 Å². The zero-order valence-corrected chi connectivity index (χ0v) is 17.8. The van der Waals surface area contributed by atoms with Crippen molar-refractivity contribution in [3.8, 4) is 0 Å². The fourth-order valence-electron chi connectivity index (χ4n) is 2.96. The van der Waals surface area contributed by atoms with Gasteiger partial charge in [-0.15, -0.1) is 0 Å². The smallest absolute Gasteiger partial charge is 0.356 e. The lowest BCUT2D eigenvalue weighted by molar-refractivity contribution is 0.0690. The van der Waals surface area contributed by atoms with E-state index in [9.17, 15) is 9.90 Å². The molecule has 0 radical (unpaired) electrons. The summed E-state index contributed by atoms with van der Waals surface area (Å²) in [7, 11) is 0. The fourth-order valence-corrected chi connectivity index (χ4v) is 2.96. The molecule has 3 aromatic rings. The standard InChI is InChI=1S/C14H24N6O2.C5H6N2O2/c1-2-3-4-19(5-6-21)7-11(22)8-20-10-18-12-13(15)16-9-17-14(12)20;1-3-2-4(5(8)9)7-6-3/h9-11,21-22H,2-8H2,1H3,(H2,15,16,17);2H,1H3,(H,6,7)(H,8,9). The van der Waals surface area contributed by atoms with Crippen molar-refractivity contribution in [1.29, 1.82) is 0 Å². The number of H-pyrrole nitrogens is 1. The van der Waals surface area contributed by atoms with Gasteiger partial charge in [-0.2, -0.15) is 5.10 Å². The van der Waals surface area contributed by atoms with Crippen LogP contribution in [-0.2, 0) is 6.54 Å². The molecule has 0 aromatic carbocycles. The second-order valence-corrected chi connectivity index (χ2v) is 7.10. The molecule has 0 saturated heterocycles. The predicted molar refractivity (Wildman–Crippen MR) is 114 cm³/mol. The summed E-state index contributed by atoms with van der Waals surface area (Å²) >= 11 is 0. The molecule has 3 aromatic heterocycles. The molecule has 3 heterocycles. The number of nitrogens with zero attached hydrogens (tertiary/aromatic N) is 6. The molecular formula is C19H30N8O4. The third-order valence-electron chi connectivity index (χ3n) is 4.48. The molecule has 31 heavy (non-hydrogen) atoms. The van der Waals surface area contributed by atoms with E-state index in [2.05, 4.69) is 37.0 Å². The number of fused-ring (bicyclic) bond motifs is 1. The number of aromatic nitrogens is 6. The summed E-state index contributed by atoms with van der Waals surface area (Å²) in [6, 6.07) is 1.47. The Morgan fingerprint density at radius 3 is 2.68 bits per heavy atom. The first-order valence-electron chi connectivity index (χ1n) is 10.0. The Kier molecular flexibility index (Phi) is 9.31. The number of hydrogen-bond donors (Lipinski definition) is 5. The molecule has 0 aliphatic carbocycles. The van der Waals surface area contributed by atoms with Crippen molar-refractivity contribution in [2.24, 2.45) is 0 Å². The molecule has 0 spiro atoms. The van der Waals surface area contributed by atoms with Crippen LogP contribution < -0.4 is 5.73 Å². The monoisotopic (exact) mass is 434 g/mol. The number of rotatable bonds is 10. The van der Waals surface area contributed by atoms with Crippen molar-refractivity contribution in [3.05, 3.63) is 30.1 Å². The topological polar surface area (TPSA) is 179 Å². The molecule has 0 bridgehead atoms. The molecule has 6 N–H and O–H groups in total. The third-order valence-corrected chi connectivity index (χ3v) is 4.48. The molecule has 0 amide bonds. The Morgan fingerprint density at radius 1 is 1.32 bits per heavy atom. The Bertz CT molecular complexity index is 957. The van der Waals surface area contributed by atoms with Gasteiger partial charge in [0, 0.05) is 18.8 Å². The number of nitrogens with two attached hydrogens (primary N) is 1. The molecule has 1 unspecified atom stereocenters. The number of carboxylic acids is 1. The maximum atomic E-state index is 10.3. The summed E-state index contributed by atoms with van der Waals surface area (Å²) in [4.78, 5) is 24.4. The maximum absolute atomic E-state index is 10.3. The van der Waals surface area contributed by atoms with Crippen LogP contribution >= 0.6 is 0 Å². The SMILES string of the molecule is CCCCN(CCO)CC(O)Cn1cnc2c(N)ncnc21.Cc1cc(C(=O)O)n[nH]1. The minimum Gasteiger partial charge on any atom is -0.476 e. The van der Waals surface area contributed by atoms with Crippen LogP contribution in [0.25, 0.3) is 11.2 Å². The largest absolute Gasteiger partial charge is 0.476 e. The summed E-state index contributed by atoms with van der Waals surface area (Å²) in [5.74, 6) is -0.664. The van der Waals surface area contributed by atoms with E-state index in [-0.39, 0.29) is 12.3 Å². The summed E-state index contributed by atoms with van der Waals surface area (Å²) in [6.07, 6.45) is 4.56. The van der Waals surface area contributed by atoms with E-state index in [0.717, 1.165) is 25.1 Å². The van der Waals surface area contributed by atoms with Crippen molar-refractivity contribution >= 4 is 23.0 Å². The van der Waals surface area contributed by atoms with Gasteiger partial charge in [-0.1, -0.05) is 13.3 Å². The zero-order valence-electron chi connectivity index (χ0n) is 17.8. The van der Waals surface area contributed by atoms with E-state index >= 15 is 0 Å². The minimum atomic E-state index is -1.00. The number of nitrogens with one attached hydrogen (secondary N) is 1. The molecular weight excluding hydrogens is 404 g/mol. The second-order valence-electron chi connectivity index (χ2n) is 7.10. The quantitative estimate of drug-likeness (QED) is 0.297. The number of aryl methyl sites for hydroxylation is 1. The average Bonchev–Trinajstić information content (AvgIpc) is 3.34. The molecule has 1 atom stereocenters. The number of imidazole rings is 1. The molecule has 0 aliphatic heterocycles. The molecule has 3 rings (SSSR count). The molecule has 0 aliphatic rings. The number of aromatic carboxylic acids is 1. The van der Waals surface area contributed by atoms with Crippen LogP contribution in [0.1, 0.15) is 35.9 Å². The lowest BCUT2D eigenvalue weighted by Gasteiger charge is -2.24. The summed E-state index contributed by atoms with van der Waals surface area (Å²) in [5.41, 5.74) is 7.74. The van der Waals surface area contributed by atoms with Gasteiger partial charge in [0.25, 0.3) is 0 Å². The molecule has 12 heteroatoms. The van der Waals surface area contributed by atoms with E-state index in [1.54, 1.807) is 17.8 Å². The number of carboxylic acid groups (broad SMARTS) is 1. The third kappa shape index (κ3) is 7.27. The number of unbranched alkanes of at least 4 members (excludes halogenated alkanes) is 1. The Morgan fingerprint density at radius 2 is 2.10 bits per heavy atom. The normalized spacial score (nSPS) is 12.0. The first-order valence-corrected chi connectivity index (χ1v) is 10.0. The second kappa shape index (κ2) is 11.9. The number of aromatic amines is 1.